The minimum absolute atomic E-state index is 0.185. The van der Waals surface area contributed by atoms with Gasteiger partial charge in [-0.3, -0.25) is 24.0 Å². The number of aromatic amines is 1. The van der Waals surface area contributed by atoms with Gasteiger partial charge in [0.1, 0.15) is 18.2 Å². The third-order valence-electron chi connectivity index (χ3n) is 6.60. The molecule has 0 aliphatic carbocycles. The lowest BCUT2D eigenvalue weighted by Crippen LogP contribution is -2.51. The highest BCUT2D eigenvalue weighted by Gasteiger charge is 2.28. The molecule has 1 aromatic heterocycles. The van der Waals surface area contributed by atoms with Crippen molar-refractivity contribution in [3.63, 3.8) is 0 Å². The predicted molar refractivity (Wildman–Crippen MR) is 132 cm³/mol. The van der Waals surface area contributed by atoms with E-state index >= 15 is 0 Å². The molecule has 0 bridgehead atoms. The molecule has 7 nitrogen and oxygen atoms in total. The third-order valence-corrected chi connectivity index (χ3v) is 6.60. The van der Waals surface area contributed by atoms with E-state index in [9.17, 15) is 23.2 Å². The number of carbonyl (C=O) groups excluding carboxylic acids is 1. The summed E-state index contributed by atoms with van der Waals surface area (Å²) in [6, 6.07) is 18.9. The lowest BCUT2D eigenvalue weighted by Gasteiger charge is -2.40. The van der Waals surface area contributed by atoms with Crippen LogP contribution in [0.2, 0.25) is 0 Å². The zero-order chi connectivity index (χ0) is 25.2. The van der Waals surface area contributed by atoms with E-state index in [1.807, 2.05) is 0 Å². The first-order chi connectivity index (χ1) is 17.4. The number of hydrogen-bond acceptors (Lipinski definition) is 4. The molecule has 0 atom stereocenters. The van der Waals surface area contributed by atoms with Gasteiger partial charge >= 0.3 is 5.69 Å². The highest BCUT2D eigenvalue weighted by Crippen LogP contribution is 2.30. The number of carbonyl (C=O) groups is 1. The first kappa shape index (κ1) is 23.6. The molecule has 1 aliphatic heterocycles. The molecular formula is C27H24F2N4O3. The molecule has 9 heteroatoms. The number of fused-ring (bicyclic) bond motifs is 1. The minimum atomic E-state index is -0.627. The van der Waals surface area contributed by atoms with Crippen LogP contribution in [0.15, 0.2) is 82.4 Å². The van der Waals surface area contributed by atoms with Crippen LogP contribution >= 0.6 is 0 Å². The molecule has 0 unspecified atom stereocenters. The van der Waals surface area contributed by atoms with Crippen LogP contribution in [0.4, 0.5) is 8.78 Å². The van der Waals surface area contributed by atoms with Crippen molar-refractivity contribution in [1.82, 2.24) is 19.4 Å². The van der Waals surface area contributed by atoms with Crippen molar-refractivity contribution in [2.24, 2.45) is 0 Å². The summed E-state index contributed by atoms with van der Waals surface area (Å²) < 4.78 is 28.4. The average Bonchev–Trinajstić information content (AvgIpc) is 2.89. The Bertz CT molecular complexity index is 1460. The van der Waals surface area contributed by atoms with Crippen LogP contribution < -0.4 is 11.2 Å². The van der Waals surface area contributed by atoms with E-state index < -0.39 is 11.2 Å². The van der Waals surface area contributed by atoms with Crippen molar-refractivity contribution in [1.29, 1.82) is 0 Å². The number of piperazine rings is 1. The van der Waals surface area contributed by atoms with E-state index in [0.717, 1.165) is 11.1 Å². The number of benzene rings is 3. The van der Waals surface area contributed by atoms with Crippen LogP contribution in [0, 0.1) is 11.6 Å². The van der Waals surface area contributed by atoms with Gasteiger partial charge in [0.2, 0.25) is 5.91 Å². The van der Waals surface area contributed by atoms with E-state index in [1.54, 1.807) is 53.4 Å². The van der Waals surface area contributed by atoms with E-state index in [1.165, 1.54) is 28.8 Å². The van der Waals surface area contributed by atoms with E-state index in [4.69, 9.17) is 0 Å². The fourth-order valence-corrected chi connectivity index (χ4v) is 4.77. The van der Waals surface area contributed by atoms with Crippen LogP contribution in [0.3, 0.4) is 0 Å². The Morgan fingerprint density at radius 1 is 0.806 bits per heavy atom. The molecule has 0 spiro atoms. The van der Waals surface area contributed by atoms with Crippen LogP contribution in [0.1, 0.15) is 17.2 Å². The fourth-order valence-electron chi connectivity index (χ4n) is 4.77. The Labute approximate surface area is 205 Å². The maximum absolute atomic E-state index is 13.6. The molecule has 1 saturated heterocycles. The SMILES string of the molecule is O=C(Cn1c(=O)[nH]c(=O)c2ccccc21)N1CCN(C(c2ccc(F)cc2)c2ccc(F)cc2)CC1. The molecular weight excluding hydrogens is 466 g/mol. The Kier molecular flexibility index (Phi) is 6.47. The number of para-hydroxylation sites is 1. The number of rotatable bonds is 5. The van der Waals surface area contributed by atoms with E-state index in [0.29, 0.717) is 37.1 Å². The summed E-state index contributed by atoms with van der Waals surface area (Å²) in [6.45, 7) is 1.73. The normalized spacial score (nSPS) is 14.5. The molecule has 1 fully saturated rings. The smallest absolute Gasteiger partial charge is 0.329 e. The number of hydrogen-bond donors (Lipinski definition) is 1. The highest BCUT2D eigenvalue weighted by atomic mass is 19.1. The maximum Gasteiger partial charge on any atom is 0.329 e. The van der Waals surface area contributed by atoms with Crippen LogP contribution in [-0.2, 0) is 11.3 Å². The number of halogens is 2. The summed E-state index contributed by atoms with van der Waals surface area (Å²) in [4.78, 5) is 43.8. The van der Waals surface area contributed by atoms with Crippen molar-refractivity contribution in [3.05, 3.63) is 116 Å². The second-order valence-corrected chi connectivity index (χ2v) is 8.78. The molecule has 4 aromatic rings. The predicted octanol–water partition coefficient (Wildman–Crippen LogP) is 2.90. The molecule has 1 amide bonds. The van der Waals surface area contributed by atoms with Gasteiger partial charge in [-0.2, -0.15) is 0 Å². The summed E-state index contributed by atoms with van der Waals surface area (Å²) in [7, 11) is 0. The summed E-state index contributed by atoms with van der Waals surface area (Å²) >= 11 is 0. The molecule has 1 N–H and O–H groups in total. The first-order valence-corrected chi connectivity index (χ1v) is 11.7. The van der Waals surface area contributed by atoms with Gasteiger partial charge in [-0.05, 0) is 47.5 Å². The molecule has 0 radical (unpaired) electrons. The standard InChI is InChI=1S/C27H24F2N4O3/c28-20-9-5-18(6-10-20)25(19-7-11-21(29)12-8-19)32-15-13-31(14-16-32)24(34)17-33-23-4-2-1-3-22(23)26(35)30-27(33)36/h1-12,25H,13-17H2,(H,30,35,36). The van der Waals surface area contributed by atoms with Gasteiger partial charge in [-0.25, -0.2) is 13.6 Å². The van der Waals surface area contributed by atoms with Gasteiger partial charge in [-0.1, -0.05) is 36.4 Å². The van der Waals surface area contributed by atoms with Crippen LogP contribution in [0.25, 0.3) is 10.9 Å². The van der Waals surface area contributed by atoms with Gasteiger partial charge in [-0.15, -0.1) is 0 Å². The zero-order valence-electron chi connectivity index (χ0n) is 19.4. The fraction of sp³-hybridized carbons (Fsp3) is 0.222. The molecule has 2 heterocycles. The van der Waals surface area contributed by atoms with Crippen molar-refractivity contribution in [2.75, 3.05) is 26.2 Å². The van der Waals surface area contributed by atoms with Crippen molar-refractivity contribution in [2.45, 2.75) is 12.6 Å². The largest absolute Gasteiger partial charge is 0.339 e. The van der Waals surface area contributed by atoms with Gasteiger partial charge in [0.25, 0.3) is 5.56 Å². The Morgan fingerprint density at radius 2 is 1.36 bits per heavy atom. The number of nitrogens with zero attached hydrogens (tertiary/aromatic N) is 3. The summed E-state index contributed by atoms with van der Waals surface area (Å²) in [5, 5.41) is 0.344. The Hall–Kier alpha value is -4.11. The maximum atomic E-state index is 13.6. The topological polar surface area (TPSA) is 78.4 Å². The monoisotopic (exact) mass is 490 g/mol. The van der Waals surface area contributed by atoms with Gasteiger partial charge in [0.05, 0.1) is 16.9 Å². The van der Waals surface area contributed by atoms with Crippen LogP contribution in [0.5, 0.6) is 0 Å². The number of nitrogens with one attached hydrogen (secondary N) is 1. The quantitative estimate of drug-likeness (QED) is 0.467. The second kappa shape index (κ2) is 9.87. The summed E-state index contributed by atoms with van der Waals surface area (Å²) in [6.07, 6.45) is 0. The average molecular weight is 491 g/mol. The lowest BCUT2D eigenvalue weighted by atomic mass is 9.96. The third kappa shape index (κ3) is 4.70. The lowest BCUT2D eigenvalue weighted by molar-refractivity contribution is -0.133. The molecule has 1 aliphatic rings. The molecule has 184 valence electrons. The summed E-state index contributed by atoms with van der Waals surface area (Å²) in [5.74, 6) is -0.900. The van der Waals surface area contributed by atoms with E-state index in [2.05, 4.69) is 9.88 Å². The van der Waals surface area contributed by atoms with Crippen molar-refractivity contribution in [3.8, 4) is 0 Å². The molecule has 5 rings (SSSR count). The molecule has 3 aromatic carbocycles. The van der Waals surface area contributed by atoms with Crippen molar-refractivity contribution >= 4 is 16.8 Å². The van der Waals surface area contributed by atoms with E-state index in [-0.39, 0.29) is 30.1 Å². The zero-order valence-corrected chi connectivity index (χ0v) is 19.4. The first-order valence-electron chi connectivity index (χ1n) is 11.7. The van der Waals surface area contributed by atoms with Gasteiger partial charge < -0.3 is 4.90 Å². The minimum Gasteiger partial charge on any atom is -0.339 e. The van der Waals surface area contributed by atoms with Gasteiger partial charge in [0.15, 0.2) is 0 Å². The second-order valence-electron chi connectivity index (χ2n) is 8.78. The van der Waals surface area contributed by atoms with Gasteiger partial charge in [0, 0.05) is 26.2 Å². The van der Waals surface area contributed by atoms with Crippen molar-refractivity contribution < 1.29 is 13.6 Å². The molecule has 36 heavy (non-hydrogen) atoms. The molecule has 0 saturated carbocycles. The summed E-state index contributed by atoms with van der Waals surface area (Å²) in [5.41, 5.74) is 1.04. The number of H-pyrrole nitrogens is 1. The number of aromatic nitrogens is 2. The Balaban J connectivity index is 1.34. The van der Waals surface area contributed by atoms with Crippen LogP contribution in [-0.4, -0.2) is 51.4 Å². The number of amides is 1. The highest BCUT2D eigenvalue weighted by molar-refractivity contribution is 5.81. The Morgan fingerprint density at radius 3 is 1.94 bits per heavy atom.